The molecule has 3 heterocycles. The van der Waals surface area contributed by atoms with Crippen LogP contribution < -0.4 is 0 Å². The summed E-state index contributed by atoms with van der Waals surface area (Å²) in [6, 6.07) is 12.3. The predicted octanol–water partition coefficient (Wildman–Crippen LogP) is 3.84. The minimum atomic E-state index is -2.98. The SMILES string of the molecule is Cc1nn(C2CCS(=O)(=O)C2)c(C)c1CN(C)CC(=O)c1cc(C)n(CCc2ccccc2)c1C. The summed E-state index contributed by atoms with van der Waals surface area (Å²) < 4.78 is 28.0. The van der Waals surface area contributed by atoms with E-state index in [1.54, 1.807) is 0 Å². The molecule has 0 amide bonds. The van der Waals surface area contributed by atoms with Gasteiger partial charge in [-0.05, 0) is 59.2 Å². The van der Waals surface area contributed by atoms with Crippen LogP contribution in [0.1, 0.15) is 56.7 Å². The lowest BCUT2D eigenvalue weighted by atomic mass is 10.1. The summed E-state index contributed by atoms with van der Waals surface area (Å²) >= 11 is 0. The smallest absolute Gasteiger partial charge is 0.178 e. The fourth-order valence-corrected chi connectivity index (χ4v) is 6.91. The van der Waals surface area contributed by atoms with Gasteiger partial charge in [-0.3, -0.25) is 14.4 Å². The lowest BCUT2D eigenvalue weighted by Gasteiger charge is -2.17. The van der Waals surface area contributed by atoms with Crippen molar-refractivity contribution in [2.75, 3.05) is 25.1 Å². The quantitative estimate of drug-likeness (QED) is 0.421. The molecule has 8 heteroatoms. The summed E-state index contributed by atoms with van der Waals surface area (Å²) in [6.45, 7) is 9.79. The predicted molar refractivity (Wildman–Crippen MR) is 139 cm³/mol. The van der Waals surface area contributed by atoms with Crippen LogP contribution in [-0.2, 0) is 29.3 Å². The molecule has 1 atom stereocenters. The number of likely N-dealkylation sites (N-methyl/N-ethyl adjacent to an activating group) is 1. The van der Waals surface area contributed by atoms with Gasteiger partial charge in [0.2, 0.25) is 0 Å². The molecule has 1 aliphatic heterocycles. The van der Waals surface area contributed by atoms with Crippen LogP contribution in [0.2, 0.25) is 0 Å². The molecule has 1 unspecified atom stereocenters. The Morgan fingerprint density at radius 2 is 1.83 bits per heavy atom. The number of aromatic nitrogens is 3. The van der Waals surface area contributed by atoms with Gasteiger partial charge >= 0.3 is 0 Å². The number of hydrogen-bond acceptors (Lipinski definition) is 5. The van der Waals surface area contributed by atoms with Crippen molar-refractivity contribution < 1.29 is 13.2 Å². The van der Waals surface area contributed by atoms with Gasteiger partial charge in [-0.2, -0.15) is 5.10 Å². The normalized spacial score (nSPS) is 17.4. The highest BCUT2D eigenvalue weighted by Crippen LogP contribution is 2.27. The van der Waals surface area contributed by atoms with Gasteiger partial charge in [0.25, 0.3) is 0 Å². The van der Waals surface area contributed by atoms with Crippen LogP contribution in [0.5, 0.6) is 0 Å². The molecule has 7 nitrogen and oxygen atoms in total. The molecule has 1 aliphatic rings. The van der Waals surface area contributed by atoms with Gasteiger partial charge in [0, 0.05) is 41.3 Å². The fraction of sp³-hybridized carbons (Fsp3) is 0.481. The molecule has 1 aromatic carbocycles. The highest BCUT2D eigenvalue weighted by molar-refractivity contribution is 7.91. The number of ketones is 1. The number of hydrogen-bond donors (Lipinski definition) is 0. The van der Waals surface area contributed by atoms with Crippen LogP contribution in [0.25, 0.3) is 0 Å². The van der Waals surface area contributed by atoms with Crippen molar-refractivity contribution in [2.24, 2.45) is 0 Å². The molecular weight excluding hydrogens is 460 g/mol. The van der Waals surface area contributed by atoms with Crippen molar-refractivity contribution in [2.45, 2.75) is 59.7 Å². The Kier molecular flexibility index (Phi) is 7.33. The Morgan fingerprint density at radius 3 is 2.49 bits per heavy atom. The van der Waals surface area contributed by atoms with Crippen LogP contribution in [0.15, 0.2) is 36.4 Å². The molecule has 35 heavy (non-hydrogen) atoms. The summed E-state index contributed by atoms with van der Waals surface area (Å²) in [4.78, 5) is 15.2. The highest BCUT2D eigenvalue weighted by atomic mass is 32.2. The second kappa shape index (κ2) is 10.1. The van der Waals surface area contributed by atoms with E-state index in [-0.39, 0.29) is 23.3 Å². The van der Waals surface area contributed by atoms with Crippen molar-refractivity contribution in [1.29, 1.82) is 0 Å². The summed E-state index contributed by atoms with van der Waals surface area (Å²) in [5, 5.41) is 4.66. The van der Waals surface area contributed by atoms with E-state index in [1.165, 1.54) is 5.56 Å². The van der Waals surface area contributed by atoms with Gasteiger partial charge < -0.3 is 4.57 Å². The van der Waals surface area contributed by atoms with E-state index < -0.39 is 9.84 Å². The molecule has 188 valence electrons. The number of nitrogens with zero attached hydrogens (tertiary/aromatic N) is 4. The zero-order valence-electron chi connectivity index (χ0n) is 21.4. The number of aryl methyl sites for hydroxylation is 3. The van der Waals surface area contributed by atoms with Crippen LogP contribution in [0.3, 0.4) is 0 Å². The Bertz CT molecular complexity index is 1320. The fourth-order valence-electron chi connectivity index (χ4n) is 5.22. The Morgan fingerprint density at radius 1 is 1.11 bits per heavy atom. The van der Waals surface area contributed by atoms with Crippen LogP contribution in [0, 0.1) is 27.7 Å². The van der Waals surface area contributed by atoms with Crippen molar-refractivity contribution in [3.05, 3.63) is 75.9 Å². The molecule has 0 spiro atoms. The summed E-state index contributed by atoms with van der Waals surface area (Å²) in [6.07, 6.45) is 1.54. The van der Waals surface area contributed by atoms with E-state index in [1.807, 2.05) is 49.5 Å². The number of rotatable bonds is 9. The van der Waals surface area contributed by atoms with Crippen LogP contribution in [-0.4, -0.2) is 58.5 Å². The molecule has 1 fully saturated rings. The maximum absolute atomic E-state index is 13.2. The summed E-state index contributed by atoms with van der Waals surface area (Å²) in [5.74, 6) is 0.489. The van der Waals surface area contributed by atoms with Gasteiger partial charge in [-0.1, -0.05) is 30.3 Å². The van der Waals surface area contributed by atoms with Crippen LogP contribution >= 0.6 is 0 Å². The van der Waals surface area contributed by atoms with E-state index >= 15 is 0 Å². The van der Waals surface area contributed by atoms with Gasteiger partial charge in [-0.25, -0.2) is 8.42 Å². The molecule has 0 saturated carbocycles. The zero-order chi connectivity index (χ0) is 25.3. The lowest BCUT2D eigenvalue weighted by molar-refractivity contribution is 0.0942. The molecule has 4 rings (SSSR count). The van der Waals surface area contributed by atoms with E-state index in [2.05, 4.69) is 40.9 Å². The summed E-state index contributed by atoms with van der Waals surface area (Å²) in [7, 11) is -1.03. The molecular formula is C27H36N4O3S. The summed E-state index contributed by atoms with van der Waals surface area (Å²) in [5.41, 5.74) is 7.13. The van der Waals surface area contributed by atoms with Gasteiger partial charge in [-0.15, -0.1) is 0 Å². The molecule has 2 aromatic heterocycles. The average molecular weight is 497 g/mol. The number of Topliss-reactive ketones (excluding diaryl/α,β-unsaturated/α-hetero) is 1. The number of benzene rings is 1. The molecule has 0 radical (unpaired) electrons. The topological polar surface area (TPSA) is 77.2 Å². The zero-order valence-corrected chi connectivity index (χ0v) is 22.2. The number of carbonyl (C=O) groups is 1. The Hall–Kier alpha value is -2.71. The first kappa shape index (κ1) is 25.4. The third-order valence-corrected chi connectivity index (χ3v) is 8.96. The Balaban J connectivity index is 1.42. The van der Waals surface area contributed by atoms with E-state index in [4.69, 9.17) is 0 Å². The molecule has 0 N–H and O–H groups in total. The molecule has 1 saturated heterocycles. The third kappa shape index (κ3) is 5.59. The van der Waals surface area contributed by atoms with E-state index in [0.29, 0.717) is 19.5 Å². The average Bonchev–Trinajstić information content (AvgIpc) is 3.41. The number of carbonyl (C=O) groups excluding carboxylic acids is 1. The highest BCUT2D eigenvalue weighted by Gasteiger charge is 2.31. The minimum Gasteiger partial charge on any atom is -0.348 e. The van der Waals surface area contributed by atoms with Crippen molar-refractivity contribution in [1.82, 2.24) is 19.2 Å². The number of sulfone groups is 1. The lowest BCUT2D eigenvalue weighted by Crippen LogP contribution is -2.26. The largest absolute Gasteiger partial charge is 0.348 e. The monoisotopic (exact) mass is 496 g/mol. The third-order valence-electron chi connectivity index (χ3n) is 7.21. The molecule has 3 aromatic rings. The maximum atomic E-state index is 13.2. The van der Waals surface area contributed by atoms with Crippen LogP contribution in [0.4, 0.5) is 0 Å². The van der Waals surface area contributed by atoms with Gasteiger partial charge in [0.05, 0.1) is 29.8 Å². The second-order valence-corrected chi connectivity index (χ2v) is 12.1. The van der Waals surface area contributed by atoms with Gasteiger partial charge in [0.1, 0.15) is 0 Å². The maximum Gasteiger partial charge on any atom is 0.178 e. The first-order valence-electron chi connectivity index (χ1n) is 12.2. The minimum absolute atomic E-state index is 0.0966. The van der Waals surface area contributed by atoms with Crippen molar-refractivity contribution >= 4 is 15.6 Å². The standard InChI is InChI=1S/C27H36N4O3S/c1-19-15-25(21(3)30(19)13-11-23-9-7-6-8-10-23)27(32)17-29(5)16-26-20(2)28-31(22(26)4)24-12-14-35(33,34)18-24/h6-10,15,24H,11-14,16-18H2,1-5H3. The first-order valence-corrected chi connectivity index (χ1v) is 14.0. The van der Waals surface area contributed by atoms with Crippen molar-refractivity contribution in [3.63, 3.8) is 0 Å². The molecule has 0 bridgehead atoms. The van der Waals surface area contributed by atoms with Gasteiger partial charge in [0.15, 0.2) is 15.6 Å². The molecule has 0 aliphatic carbocycles. The second-order valence-electron chi connectivity index (χ2n) is 9.92. The van der Waals surface area contributed by atoms with E-state index in [9.17, 15) is 13.2 Å². The Labute approximate surface area is 208 Å². The first-order chi connectivity index (χ1) is 16.6. The van der Waals surface area contributed by atoms with E-state index in [0.717, 1.165) is 46.9 Å². The van der Waals surface area contributed by atoms with Crippen molar-refractivity contribution in [3.8, 4) is 0 Å².